The highest BCUT2D eigenvalue weighted by Gasteiger charge is 2.19. The van der Waals surface area contributed by atoms with E-state index in [1.165, 1.54) is 0 Å². The first-order valence-electron chi connectivity index (χ1n) is 7.28. The second-order valence-electron chi connectivity index (χ2n) is 5.57. The van der Waals surface area contributed by atoms with Crippen LogP contribution in [-0.4, -0.2) is 48.2 Å². The van der Waals surface area contributed by atoms with Crippen molar-refractivity contribution < 1.29 is 9.53 Å². The molecule has 0 unspecified atom stereocenters. The summed E-state index contributed by atoms with van der Waals surface area (Å²) in [6, 6.07) is 1.33. The van der Waals surface area contributed by atoms with E-state index in [-0.39, 0.29) is 5.91 Å². The molecular weight excluding hydrogens is 270 g/mol. The Morgan fingerprint density at radius 2 is 2.19 bits per heavy atom. The van der Waals surface area contributed by atoms with Gasteiger partial charge in [-0.3, -0.25) is 4.79 Å². The van der Waals surface area contributed by atoms with Crippen molar-refractivity contribution in [3.05, 3.63) is 12.3 Å². The van der Waals surface area contributed by atoms with Crippen LogP contribution < -0.4 is 16.0 Å². The van der Waals surface area contributed by atoms with Gasteiger partial charge in [0.15, 0.2) is 0 Å². The van der Waals surface area contributed by atoms with Crippen LogP contribution in [0.5, 0.6) is 0 Å². The molecule has 1 aliphatic rings. The second-order valence-corrected chi connectivity index (χ2v) is 5.57. The standard InChI is InChI=1S/C14H23N5O2/c1-10(2)9-11(13(15)20)17-12-3-4-16-14(18-12)19-5-7-21-8-6-19/h3-4,10-11H,5-9H2,1-2H3,(H2,15,20)(H,16,17,18)/t11-/m0/s1. The fraction of sp³-hybridized carbons (Fsp3) is 0.643. The van der Waals surface area contributed by atoms with Crippen LogP contribution >= 0.6 is 0 Å². The molecule has 1 saturated heterocycles. The molecule has 7 nitrogen and oxygen atoms in total. The number of nitrogens with one attached hydrogen (secondary N) is 1. The summed E-state index contributed by atoms with van der Waals surface area (Å²) in [5.41, 5.74) is 5.44. The van der Waals surface area contributed by atoms with E-state index in [1.54, 1.807) is 12.3 Å². The van der Waals surface area contributed by atoms with E-state index >= 15 is 0 Å². The largest absolute Gasteiger partial charge is 0.378 e. The van der Waals surface area contributed by atoms with Crippen LogP contribution in [0.25, 0.3) is 0 Å². The fourth-order valence-corrected chi connectivity index (χ4v) is 2.24. The maximum Gasteiger partial charge on any atom is 0.239 e. The second kappa shape index (κ2) is 7.21. The zero-order valence-corrected chi connectivity index (χ0v) is 12.6. The predicted octanol–water partition coefficient (Wildman–Crippen LogP) is 0.625. The van der Waals surface area contributed by atoms with Crippen molar-refractivity contribution >= 4 is 17.7 Å². The topological polar surface area (TPSA) is 93.4 Å². The number of nitrogens with zero attached hydrogens (tertiary/aromatic N) is 3. The molecule has 1 fully saturated rings. The van der Waals surface area contributed by atoms with E-state index in [2.05, 4.69) is 34.0 Å². The Bertz CT molecular complexity index is 474. The lowest BCUT2D eigenvalue weighted by atomic mass is 10.0. The van der Waals surface area contributed by atoms with Crippen molar-refractivity contribution in [2.24, 2.45) is 11.7 Å². The summed E-state index contributed by atoms with van der Waals surface area (Å²) >= 11 is 0. The number of primary amides is 1. The molecule has 0 saturated carbocycles. The monoisotopic (exact) mass is 293 g/mol. The lowest BCUT2D eigenvalue weighted by molar-refractivity contribution is -0.119. The van der Waals surface area contributed by atoms with Gasteiger partial charge < -0.3 is 20.7 Å². The van der Waals surface area contributed by atoms with E-state index in [0.29, 0.717) is 37.3 Å². The molecule has 0 aromatic carbocycles. The number of carbonyl (C=O) groups is 1. The van der Waals surface area contributed by atoms with Gasteiger partial charge >= 0.3 is 0 Å². The Morgan fingerprint density at radius 1 is 1.48 bits per heavy atom. The highest BCUT2D eigenvalue weighted by atomic mass is 16.5. The zero-order chi connectivity index (χ0) is 15.2. The van der Waals surface area contributed by atoms with Crippen molar-refractivity contribution in [2.75, 3.05) is 36.5 Å². The number of aromatic nitrogens is 2. The molecule has 7 heteroatoms. The van der Waals surface area contributed by atoms with Gasteiger partial charge in [0.2, 0.25) is 11.9 Å². The minimum absolute atomic E-state index is 0.366. The number of anilines is 2. The SMILES string of the molecule is CC(C)C[C@H](Nc1ccnc(N2CCOCC2)n1)C(N)=O. The Balaban J connectivity index is 2.07. The van der Waals surface area contributed by atoms with E-state index in [1.807, 2.05) is 0 Å². The molecule has 0 aliphatic carbocycles. The quantitative estimate of drug-likeness (QED) is 0.799. The molecule has 21 heavy (non-hydrogen) atoms. The molecule has 0 radical (unpaired) electrons. The Labute approximate surface area is 124 Å². The Morgan fingerprint density at radius 3 is 2.81 bits per heavy atom. The molecule has 1 amide bonds. The minimum Gasteiger partial charge on any atom is -0.378 e. The van der Waals surface area contributed by atoms with Crippen LogP contribution in [0.1, 0.15) is 20.3 Å². The van der Waals surface area contributed by atoms with Crippen LogP contribution in [0.2, 0.25) is 0 Å². The normalized spacial score (nSPS) is 16.8. The molecular formula is C14H23N5O2. The predicted molar refractivity (Wildman–Crippen MR) is 81.1 cm³/mol. The van der Waals surface area contributed by atoms with Gasteiger partial charge in [-0.25, -0.2) is 4.98 Å². The first-order chi connectivity index (χ1) is 10.1. The average Bonchev–Trinajstić information content (AvgIpc) is 2.47. The number of nitrogens with two attached hydrogens (primary N) is 1. The third kappa shape index (κ3) is 4.56. The third-order valence-corrected chi connectivity index (χ3v) is 3.31. The van der Waals surface area contributed by atoms with Gasteiger partial charge in [0.05, 0.1) is 13.2 Å². The van der Waals surface area contributed by atoms with Gasteiger partial charge in [-0.2, -0.15) is 4.98 Å². The first-order valence-corrected chi connectivity index (χ1v) is 7.28. The number of ether oxygens (including phenoxy) is 1. The summed E-state index contributed by atoms with van der Waals surface area (Å²) in [6.07, 6.45) is 2.36. The summed E-state index contributed by atoms with van der Waals surface area (Å²) in [7, 11) is 0. The molecule has 1 aliphatic heterocycles. The molecule has 1 aromatic heterocycles. The van der Waals surface area contributed by atoms with Crippen molar-refractivity contribution in [1.29, 1.82) is 0 Å². The molecule has 1 aromatic rings. The van der Waals surface area contributed by atoms with Crippen LogP contribution in [0.3, 0.4) is 0 Å². The number of amides is 1. The van der Waals surface area contributed by atoms with Crippen molar-refractivity contribution in [2.45, 2.75) is 26.3 Å². The third-order valence-electron chi connectivity index (χ3n) is 3.31. The van der Waals surface area contributed by atoms with Gasteiger partial charge in [-0.05, 0) is 18.4 Å². The summed E-state index contributed by atoms with van der Waals surface area (Å²) in [4.78, 5) is 22.3. The number of hydrogen-bond donors (Lipinski definition) is 2. The summed E-state index contributed by atoms with van der Waals surface area (Å²) in [5, 5.41) is 3.11. The molecule has 116 valence electrons. The lowest BCUT2D eigenvalue weighted by Gasteiger charge is -2.27. The van der Waals surface area contributed by atoms with Crippen LogP contribution in [0, 0.1) is 5.92 Å². The molecule has 2 rings (SSSR count). The Hall–Kier alpha value is -1.89. The van der Waals surface area contributed by atoms with E-state index in [9.17, 15) is 4.79 Å². The van der Waals surface area contributed by atoms with Gasteiger partial charge in [0.1, 0.15) is 11.9 Å². The smallest absolute Gasteiger partial charge is 0.239 e. The zero-order valence-electron chi connectivity index (χ0n) is 12.6. The van der Waals surface area contributed by atoms with E-state index in [0.717, 1.165) is 13.1 Å². The molecule has 0 spiro atoms. The van der Waals surface area contributed by atoms with Crippen molar-refractivity contribution in [3.8, 4) is 0 Å². The molecule has 0 bridgehead atoms. The van der Waals surface area contributed by atoms with Gasteiger partial charge in [-0.1, -0.05) is 13.8 Å². The fourth-order valence-electron chi connectivity index (χ4n) is 2.24. The first kappa shape index (κ1) is 15.5. The maximum absolute atomic E-state index is 11.5. The van der Waals surface area contributed by atoms with Crippen LogP contribution in [-0.2, 0) is 9.53 Å². The maximum atomic E-state index is 11.5. The van der Waals surface area contributed by atoms with E-state index < -0.39 is 6.04 Å². The molecule has 1 atom stereocenters. The number of hydrogen-bond acceptors (Lipinski definition) is 6. The van der Waals surface area contributed by atoms with E-state index in [4.69, 9.17) is 10.5 Å². The van der Waals surface area contributed by atoms with Gasteiger partial charge in [0, 0.05) is 19.3 Å². The molecule has 2 heterocycles. The number of carbonyl (C=O) groups excluding carboxylic acids is 1. The summed E-state index contributed by atoms with van der Waals surface area (Å²) < 4.78 is 5.32. The molecule has 3 N–H and O–H groups in total. The highest BCUT2D eigenvalue weighted by molar-refractivity contribution is 5.82. The van der Waals surface area contributed by atoms with Crippen molar-refractivity contribution in [3.63, 3.8) is 0 Å². The van der Waals surface area contributed by atoms with Gasteiger partial charge in [-0.15, -0.1) is 0 Å². The van der Waals surface area contributed by atoms with Gasteiger partial charge in [0.25, 0.3) is 0 Å². The number of morpholine rings is 1. The Kier molecular flexibility index (Phi) is 5.32. The number of rotatable bonds is 6. The highest BCUT2D eigenvalue weighted by Crippen LogP contribution is 2.15. The van der Waals surface area contributed by atoms with Crippen LogP contribution in [0.4, 0.5) is 11.8 Å². The van der Waals surface area contributed by atoms with Crippen molar-refractivity contribution in [1.82, 2.24) is 9.97 Å². The average molecular weight is 293 g/mol. The summed E-state index contributed by atoms with van der Waals surface area (Å²) in [6.45, 7) is 7.01. The summed E-state index contributed by atoms with van der Waals surface area (Å²) in [5.74, 6) is 1.28. The minimum atomic E-state index is -0.419. The lowest BCUT2D eigenvalue weighted by Crippen LogP contribution is -2.38. The van der Waals surface area contributed by atoms with Crippen LogP contribution in [0.15, 0.2) is 12.3 Å².